The van der Waals surface area contributed by atoms with Gasteiger partial charge in [-0.3, -0.25) is 9.69 Å². The van der Waals surface area contributed by atoms with Gasteiger partial charge < -0.3 is 15.1 Å². The van der Waals surface area contributed by atoms with Crippen molar-refractivity contribution in [2.24, 2.45) is 0 Å². The molecular weight excluding hydrogens is 380 g/mol. The van der Waals surface area contributed by atoms with Gasteiger partial charge in [0.25, 0.3) is 0 Å². The van der Waals surface area contributed by atoms with Gasteiger partial charge in [-0.05, 0) is 17.7 Å². The molecule has 8 heteroatoms. The van der Waals surface area contributed by atoms with Gasteiger partial charge >= 0.3 is 0 Å². The Kier molecular flexibility index (Phi) is 7.11. The maximum absolute atomic E-state index is 11.4. The van der Waals surface area contributed by atoms with Gasteiger partial charge in [-0.1, -0.05) is 35.9 Å². The third-order valence-electron chi connectivity index (χ3n) is 4.74. The van der Waals surface area contributed by atoms with E-state index >= 15 is 0 Å². The van der Waals surface area contributed by atoms with Crippen molar-refractivity contribution in [2.75, 3.05) is 44.3 Å². The van der Waals surface area contributed by atoms with Crippen LogP contribution in [0.15, 0.2) is 42.7 Å². The predicted octanol–water partition coefficient (Wildman–Crippen LogP) is 1.50. The van der Waals surface area contributed by atoms with Gasteiger partial charge in [0, 0.05) is 43.6 Å². The summed E-state index contributed by atoms with van der Waals surface area (Å²) in [6.45, 7) is 2.46. The molecule has 1 unspecified atom stereocenters. The minimum atomic E-state index is -0.548. The second kappa shape index (κ2) is 9.75. The molecular formula is C20H23ClN4O3. The number of aliphatic hydroxyl groups excluding tert-OH is 2. The lowest BCUT2D eigenvalue weighted by Crippen LogP contribution is -2.51. The quantitative estimate of drug-likeness (QED) is 0.678. The zero-order valence-corrected chi connectivity index (χ0v) is 16.2. The van der Waals surface area contributed by atoms with Gasteiger partial charge in [0.15, 0.2) is 5.78 Å². The van der Waals surface area contributed by atoms with Crippen molar-refractivity contribution < 1.29 is 15.0 Å². The summed E-state index contributed by atoms with van der Waals surface area (Å²) in [5, 5.41) is 19.4. The Morgan fingerprint density at radius 3 is 2.32 bits per heavy atom. The van der Waals surface area contributed by atoms with Crippen molar-refractivity contribution in [1.82, 2.24) is 14.9 Å². The van der Waals surface area contributed by atoms with E-state index in [2.05, 4.69) is 14.9 Å². The molecule has 3 rings (SSSR count). The molecule has 1 atom stereocenters. The monoisotopic (exact) mass is 402 g/mol. The zero-order chi connectivity index (χ0) is 19.9. The Labute approximate surface area is 168 Å². The average molecular weight is 403 g/mol. The van der Waals surface area contributed by atoms with Crippen molar-refractivity contribution in [3.63, 3.8) is 0 Å². The van der Waals surface area contributed by atoms with Crippen LogP contribution in [0.2, 0.25) is 5.02 Å². The highest BCUT2D eigenvalue weighted by atomic mass is 35.5. The number of hydrogen-bond acceptors (Lipinski definition) is 7. The molecule has 28 heavy (non-hydrogen) atoms. The van der Waals surface area contributed by atoms with Crippen LogP contribution in [0.4, 0.5) is 5.95 Å². The van der Waals surface area contributed by atoms with Crippen LogP contribution in [0.3, 0.4) is 0 Å². The molecule has 148 valence electrons. The number of benzene rings is 1. The van der Waals surface area contributed by atoms with E-state index in [-0.39, 0.29) is 12.6 Å². The van der Waals surface area contributed by atoms with E-state index in [1.807, 2.05) is 41.3 Å². The minimum Gasteiger partial charge on any atom is -0.394 e. The van der Waals surface area contributed by atoms with Crippen molar-refractivity contribution >= 4 is 29.4 Å². The second-order valence-electron chi connectivity index (χ2n) is 6.54. The van der Waals surface area contributed by atoms with E-state index in [4.69, 9.17) is 16.7 Å². The molecule has 1 aliphatic heterocycles. The highest BCUT2D eigenvalue weighted by Crippen LogP contribution is 2.15. The first-order valence-corrected chi connectivity index (χ1v) is 9.48. The Bertz CT molecular complexity index is 803. The van der Waals surface area contributed by atoms with Crippen LogP contribution < -0.4 is 4.90 Å². The third-order valence-corrected chi connectivity index (χ3v) is 4.99. The summed E-state index contributed by atoms with van der Waals surface area (Å²) in [7, 11) is 0. The summed E-state index contributed by atoms with van der Waals surface area (Å²) < 4.78 is 0. The number of carbonyl (C=O) groups is 1. The number of Topliss-reactive ketones (excluding diaryl/α,β-unsaturated/α-hetero) is 1. The van der Waals surface area contributed by atoms with Gasteiger partial charge in [0.2, 0.25) is 5.95 Å². The number of nitrogens with zero attached hydrogens (tertiary/aromatic N) is 4. The number of aliphatic hydroxyl groups is 2. The van der Waals surface area contributed by atoms with Crippen LogP contribution in [0.1, 0.15) is 15.9 Å². The molecule has 0 amide bonds. The molecule has 0 bridgehead atoms. The third kappa shape index (κ3) is 5.14. The Morgan fingerprint density at radius 2 is 1.75 bits per heavy atom. The summed E-state index contributed by atoms with van der Waals surface area (Å²) in [5.41, 5.74) is 1.34. The molecule has 1 fully saturated rings. The SMILES string of the molecule is O=C(CO)c1cnc(N2CCN(C(/C=C/c3ccc(Cl)cc3)CO)CC2)nc1. The molecule has 0 saturated carbocycles. The predicted molar refractivity (Wildman–Crippen MR) is 109 cm³/mol. The molecule has 1 saturated heterocycles. The lowest BCUT2D eigenvalue weighted by Gasteiger charge is -2.37. The topological polar surface area (TPSA) is 89.8 Å². The lowest BCUT2D eigenvalue weighted by atomic mass is 10.1. The van der Waals surface area contributed by atoms with Crippen LogP contribution in [-0.2, 0) is 0 Å². The van der Waals surface area contributed by atoms with E-state index in [0.717, 1.165) is 31.7 Å². The Morgan fingerprint density at radius 1 is 1.11 bits per heavy atom. The average Bonchev–Trinajstić information content (AvgIpc) is 2.75. The maximum Gasteiger partial charge on any atom is 0.225 e. The molecule has 0 aliphatic carbocycles. The van der Waals surface area contributed by atoms with E-state index < -0.39 is 12.4 Å². The van der Waals surface area contributed by atoms with Gasteiger partial charge in [-0.2, -0.15) is 0 Å². The molecule has 2 aromatic rings. The van der Waals surface area contributed by atoms with Crippen LogP contribution >= 0.6 is 11.6 Å². The summed E-state index contributed by atoms with van der Waals surface area (Å²) in [5.74, 6) is 0.168. The molecule has 2 N–H and O–H groups in total. The number of carbonyl (C=O) groups excluding carboxylic acids is 1. The van der Waals surface area contributed by atoms with E-state index in [0.29, 0.717) is 16.5 Å². The molecule has 1 aliphatic rings. The van der Waals surface area contributed by atoms with Crippen LogP contribution in [0.5, 0.6) is 0 Å². The zero-order valence-electron chi connectivity index (χ0n) is 15.4. The van der Waals surface area contributed by atoms with Gasteiger partial charge in [0.1, 0.15) is 6.61 Å². The molecule has 0 radical (unpaired) electrons. The minimum absolute atomic E-state index is 0.0402. The number of piperazine rings is 1. The van der Waals surface area contributed by atoms with Crippen LogP contribution in [-0.4, -0.2) is 76.3 Å². The Balaban J connectivity index is 1.57. The number of aromatic nitrogens is 2. The summed E-state index contributed by atoms with van der Waals surface area (Å²) in [6, 6.07) is 7.49. The van der Waals surface area contributed by atoms with Crippen molar-refractivity contribution in [3.05, 3.63) is 58.9 Å². The fraction of sp³-hybridized carbons (Fsp3) is 0.350. The van der Waals surface area contributed by atoms with Crippen LogP contribution in [0, 0.1) is 0 Å². The first-order valence-electron chi connectivity index (χ1n) is 9.10. The summed E-state index contributed by atoms with van der Waals surface area (Å²) in [4.78, 5) is 24.2. The second-order valence-corrected chi connectivity index (χ2v) is 6.97. The van der Waals surface area contributed by atoms with Gasteiger partial charge in [0.05, 0.1) is 18.2 Å². The number of ketones is 1. The highest BCUT2D eigenvalue weighted by Gasteiger charge is 2.23. The highest BCUT2D eigenvalue weighted by molar-refractivity contribution is 6.30. The normalized spacial score (nSPS) is 16.5. The molecule has 1 aromatic carbocycles. The van der Waals surface area contributed by atoms with E-state index in [1.54, 1.807) is 0 Å². The molecule has 7 nitrogen and oxygen atoms in total. The van der Waals surface area contributed by atoms with E-state index in [1.165, 1.54) is 12.4 Å². The standard InChI is InChI=1S/C20H23ClN4O3/c21-17-4-1-15(2-5-17)3-6-18(13-26)24-7-9-25(10-8-24)20-22-11-16(12-23-20)19(28)14-27/h1-6,11-12,18,26-27H,7-10,13-14H2/b6-3+. The molecule has 2 heterocycles. The fourth-order valence-electron chi connectivity index (χ4n) is 3.07. The van der Waals surface area contributed by atoms with Crippen molar-refractivity contribution in [3.8, 4) is 0 Å². The molecule has 0 spiro atoms. The largest absolute Gasteiger partial charge is 0.394 e. The number of halogens is 1. The smallest absolute Gasteiger partial charge is 0.225 e. The van der Waals surface area contributed by atoms with Crippen LogP contribution in [0.25, 0.3) is 6.08 Å². The van der Waals surface area contributed by atoms with Gasteiger partial charge in [-0.25, -0.2) is 9.97 Å². The van der Waals surface area contributed by atoms with E-state index in [9.17, 15) is 9.90 Å². The number of hydrogen-bond donors (Lipinski definition) is 2. The Hall–Kier alpha value is -2.32. The first-order chi connectivity index (χ1) is 13.6. The molecule has 1 aromatic heterocycles. The fourth-order valence-corrected chi connectivity index (χ4v) is 3.19. The first kappa shape index (κ1) is 20.4. The number of anilines is 1. The summed E-state index contributed by atoms with van der Waals surface area (Å²) >= 11 is 5.90. The van der Waals surface area contributed by atoms with Gasteiger partial charge in [-0.15, -0.1) is 0 Å². The number of rotatable bonds is 7. The summed E-state index contributed by atoms with van der Waals surface area (Å²) in [6.07, 6.45) is 6.88. The van der Waals surface area contributed by atoms with Crippen molar-refractivity contribution in [1.29, 1.82) is 0 Å². The maximum atomic E-state index is 11.4. The lowest BCUT2D eigenvalue weighted by molar-refractivity contribution is 0.0903. The van der Waals surface area contributed by atoms with Crippen molar-refractivity contribution in [2.45, 2.75) is 6.04 Å².